The highest BCUT2D eigenvalue weighted by Gasteiger charge is 2.27. The Kier molecular flexibility index (Phi) is 4.46. The molecule has 23 heavy (non-hydrogen) atoms. The lowest BCUT2D eigenvalue weighted by Crippen LogP contribution is -2.39. The van der Waals surface area contributed by atoms with Gasteiger partial charge in [0.2, 0.25) is 0 Å². The summed E-state index contributed by atoms with van der Waals surface area (Å²) in [6.07, 6.45) is -0.146. The van der Waals surface area contributed by atoms with E-state index in [1.165, 1.54) is 0 Å². The van der Waals surface area contributed by atoms with Crippen molar-refractivity contribution in [3.63, 3.8) is 0 Å². The number of ether oxygens (including phenoxy) is 1. The maximum atomic E-state index is 9.48. The molecular formula is C17H17ClN4O. The first kappa shape index (κ1) is 15.7. The van der Waals surface area contributed by atoms with Crippen molar-refractivity contribution in [3.8, 4) is 6.07 Å². The third kappa shape index (κ3) is 3.00. The Balaban J connectivity index is 1.92. The van der Waals surface area contributed by atoms with Crippen LogP contribution in [0.25, 0.3) is 0 Å². The number of hydrogen-bond donors (Lipinski definition) is 0. The standard InChI is InChI=1S/C17H17ClN4O/c1-11-12(2)20-21-17(14(11)9-19)22-7-8-23-16(10-22)13-5-3-4-6-15(13)18/h3-6,16H,7-8,10H2,1-2H3/t16-/m1/s1. The van der Waals surface area contributed by atoms with Gasteiger partial charge in [0.05, 0.1) is 18.8 Å². The number of nitrogens with zero attached hydrogens (tertiary/aromatic N) is 4. The van der Waals surface area contributed by atoms with Gasteiger partial charge in [0.1, 0.15) is 17.7 Å². The summed E-state index contributed by atoms with van der Waals surface area (Å²) in [6.45, 7) is 5.58. The second-order valence-corrected chi connectivity index (χ2v) is 5.95. The summed E-state index contributed by atoms with van der Waals surface area (Å²) in [7, 11) is 0. The molecular weight excluding hydrogens is 312 g/mol. The third-order valence-electron chi connectivity index (χ3n) is 4.17. The smallest absolute Gasteiger partial charge is 0.169 e. The van der Waals surface area contributed by atoms with Crippen LogP contribution in [0.5, 0.6) is 0 Å². The van der Waals surface area contributed by atoms with Crippen LogP contribution in [-0.2, 0) is 4.74 Å². The number of aryl methyl sites for hydroxylation is 1. The fraction of sp³-hybridized carbons (Fsp3) is 0.353. The summed E-state index contributed by atoms with van der Waals surface area (Å²) >= 11 is 6.28. The van der Waals surface area contributed by atoms with Gasteiger partial charge in [-0.15, -0.1) is 5.10 Å². The van der Waals surface area contributed by atoms with E-state index in [9.17, 15) is 5.26 Å². The van der Waals surface area contributed by atoms with Crippen LogP contribution in [0.4, 0.5) is 5.82 Å². The predicted octanol–water partition coefficient (Wildman–Crippen LogP) is 3.20. The zero-order valence-electron chi connectivity index (χ0n) is 13.1. The normalized spacial score (nSPS) is 17.8. The van der Waals surface area contributed by atoms with Gasteiger partial charge in [0.25, 0.3) is 0 Å². The number of nitriles is 1. The van der Waals surface area contributed by atoms with Crippen LogP contribution >= 0.6 is 11.6 Å². The molecule has 2 heterocycles. The van der Waals surface area contributed by atoms with Crippen LogP contribution in [-0.4, -0.2) is 29.9 Å². The minimum absolute atomic E-state index is 0.146. The highest BCUT2D eigenvalue weighted by molar-refractivity contribution is 6.31. The van der Waals surface area contributed by atoms with Crippen LogP contribution in [0.1, 0.15) is 28.5 Å². The van der Waals surface area contributed by atoms with E-state index in [4.69, 9.17) is 16.3 Å². The summed E-state index contributed by atoms with van der Waals surface area (Å²) in [5, 5.41) is 18.6. The maximum Gasteiger partial charge on any atom is 0.169 e. The topological polar surface area (TPSA) is 62.0 Å². The number of benzene rings is 1. The van der Waals surface area contributed by atoms with Crippen LogP contribution in [0.3, 0.4) is 0 Å². The molecule has 0 radical (unpaired) electrons. The van der Waals surface area contributed by atoms with E-state index < -0.39 is 0 Å². The molecule has 5 nitrogen and oxygen atoms in total. The Morgan fingerprint density at radius 2 is 2.09 bits per heavy atom. The molecule has 1 aliphatic rings. The Morgan fingerprint density at radius 1 is 1.30 bits per heavy atom. The van der Waals surface area contributed by atoms with Crippen LogP contribution in [0, 0.1) is 25.2 Å². The first-order valence-corrected chi connectivity index (χ1v) is 7.84. The number of aromatic nitrogens is 2. The number of hydrogen-bond acceptors (Lipinski definition) is 5. The van der Waals surface area contributed by atoms with Crippen molar-refractivity contribution in [2.24, 2.45) is 0 Å². The fourth-order valence-electron chi connectivity index (χ4n) is 2.72. The van der Waals surface area contributed by atoms with Crippen molar-refractivity contribution in [1.29, 1.82) is 5.26 Å². The molecule has 0 aliphatic carbocycles. The van der Waals surface area contributed by atoms with E-state index in [1.807, 2.05) is 38.1 Å². The molecule has 1 aromatic heterocycles. The molecule has 0 bridgehead atoms. The van der Waals surface area contributed by atoms with Gasteiger partial charge >= 0.3 is 0 Å². The number of halogens is 1. The molecule has 1 atom stereocenters. The van der Waals surface area contributed by atoms with Crippen LogP contribution < -0.4 is 4.90 Å². The molecule has 3 rings (SSSR count). The van der Waals surface area contributed by atoms with Gasteiger partial charge < -0.3 is 9.64 Å². The molecule has 6 heteroatoms. The SMILES string of the molecule is Cc1nnc(N2CCO[C@@H](c3ccccc3Cl)C2)c(C#N)c1C. The molecule has 1 fully saturated rings. The van der Waals surface area contributed by atoms with Crippen molar-refractivity contribution >= 4 is 17.4 Å². The summed E-state index contributed by atoms with van der Waals surface area (Å²) in [5.41, 5.74) is 3.19. The zero-order chi connectivity index (χ0) is 16.4. The van der Waals surface area contributed by atoms with Crippen molar-refractivity contribution in [2.45, 2.75) is 20.0 Å². The quantitative estimate of drug-likeness (QED) is 0.847. The van der Waals surface area contributed by atoms with Gasteiger partial charge in [-0.1, -0.05) is 29.8 Å². The molecule has 1 aliphatic heterocycles. The molecule has 118 valence electrons. The van der Waals surface area contributed by atoms with Gasteiger partial charge in [-0.05, 0) is 25.5 Å². The molecule has 2 aromatic rings. The van der Waals surface area contributed by atoms with Crippen molar-refractivity contribution < 1.29 is 4.74 Å². The van der Waals surface area contributed by atoms with Crippen molar-refractivity contribution in [3.05, 3.63) is 51.7 Å². The van der Waals surface area contributed by atoms with Gasteiger partial charge in [-0.2, -0.15) is 10.4 Å². The van der Waals surface area contributed by atoms with E-state index in [0.717, 1.165) is 16.8 Å². The van der Waals surface area contributed by atoms with Gasteiger partial charge in [-0.3, -0.25) is 0 Å². The van der Waals surface area contributed by atoms with Crippen molar-refractivity contribution in [2.75, 3.05) is 24.6 Å². The monoisotopic (exact) mass is 328 g/mol. The van der Waals surface area contributed by atoms with E-state index in [0.29, 0.717) is 36.1 Å². The Hall–Kier alpha value is -2.16. The van der Waals surface area contributed by atoms with Gasteiger partial charge in [-0.25, -0.2) is 0 Å². The highest BCUT2D eigenvalue weighted by Crippen LogP contribution is 2.31. The first-order chi connectivity index (χ1) is 11.1. The third-order valence-corrected chi connectivity index (χ3v) is 4.51. The minimum Gasteiger partial charge on any atom is -0.370 e. The molecule has 1 saturated heterocycles. The Labute approximate surface area is 140 Å². The van der Waals surface area contributed by atoms with E-state index >= 15 is 0 Å². The minimum atomic E-state index is -0.146. The molecule has 0 amide bonds. The maximum absolute atomic E-state index is 9.48. The number of rotatable bonds is 2. The molecule has 0 saturated carbocycles. The summed E-state index contributed by atoms with van der Waals surface area (Å²) < 4.78 is 5.87. The summed E-state index contributed by atoms with van der Waals surface area (Å²) in [6, 6.07) is 9.92. The van der Waals surface area contributed by atoms with Gasteiger partial charge in [0, 0.05) is 17.1 Å². The van der Waals surface area contributed by atoms with E-state index in [-0.39, 0.29) is 6.10 Å². The lowest BCUT2D eigenvalue weighted by atomic mass is 10.1. The summed E-state index contributed by atoms with van der Waals surface area (Å²) in [4.78, 5) is 2.05. The van der Waals surface area contributed by atoms with Crippen LogP contribution in [0.15, 0.2) is 24.3 Å². The largest absolute Gasteiger partial charge is 0.370 e. The number of morpholine rings is 1. The molecule has 0 unspecified atom stereocenters. The molecule has 0 spiro atoms. The first-order valence-electron chi connectivity index (χ1n) is 7.46. The van der Waals surface area contributed by atoms with E-state index in [2.05, 4.69) is 21.2 Å². The Bertz CT molecular complexity index is 772. The lowest BCUT2D eigenvalue weighted by Gasteiger charge is -2.34. The molecule has 1 aromatic carbocycles. The van der Waals surface area contributed by atoms with Crippen LogP contribution in [0.2, 0.25) is 5.02 Å². The average molecular weight is 329 g/mol. The van der Waals surface area contributed by atoms with E-state index in [1.54, 1.807) is 0 Å². The fourth-order valence-corrected chi connectivity index (χ4v) is 2.97. The zero-order valence-corrected chi connectivity index (χ0v) is 13.8. The lowest BCUT2D eigenvalue weighted by molar-refractivity contribution is 0.0395. The Morgan fingerprint density at radius 3 is 2.83 bits per heavy atom. The second kappa shape index (κ2) is 6.53. The highest BCUT2D eigenvalue weighted by atomic mass is 35.5. The average Bonchev–Trinajstić information content (AvgIpc) is 2.57. The summed E-state index contributed by atoms with van der Waals surface area (Å²) in [5.74, 6) is 0.621. The predicted molar refractivity (Wildman–Crippen MR) is 88.6 cm³/mol. The van der Waals surface area contributed by atoms with Gasteiger partial charge in [0.15, 0.2) is 5.82 Å². The number of anilines is 1. The van der Waals surface area contributed by atoms with Crippen molar-refractivity contribution in [1.82, 2.24) is 10.2 Å². The molecule has 0 N–H and O–H groups in total. The second-order valence-electron chi connectivity index (χ2n) is 5.55.